The maximum absolute atomic E-state index is 4.94. The van der Waals surface area contributed by atoms with Gasteiger partial charge in [-0.2, -0.15) is 4.37 Å². The van der Waals surface area contributed by atoms with Crippen LogP contribution in [-0.2, 0) is 6.54 Å². The molecule has 1 aromatic carbocycles. The van der Waals surface area contributed by atoms with Crippen molar-refractivity contribution in [3.63, 3.8) is 0 Å². The third-order valence-electron chi connectivity index (χ3n) is 4.36. The molecule has 0 unspecified atom stereocenters. The summed E-state index contributed by atoms with van der Waals surface area (Å²) in [5.74, 6) is 0. The number of benzene rings is 1. The fourth-order valence-corrected chi connectivity index (χ4v) is 3.85. The molecule has 23 heavy (non-hydrogen) atoms. The molecule has 1 aliphatic rings. The summed E-state index contributed by atoms with van der Waals surface area (Å²) in [4.78, 5) is 8.48. The van der Waals surface area contributed by atoms with Crippen LogP contribution in [0.25, 0.3) is 5.65 Å². The van der Waals surface area contributed by atoms with Crippen molar-refractivity contribution in [1.29, 1.82) is 0 Å². The highest BCUT2D eigenvalue weighted by Gasteiger charge is 2.18. The third kappa shape index (κ3) is 3.35. The van der Waals surface area contributed by atoms with Crippen molar-refractivity contribution in [3.8, 4) is 0 Å². The van der Waals surface area contributed by atoms with E-state index in [-0.39, 0.29) is 0 Å². The van der Waals surface area contributed by atoms with Gasteiger partial charge in [-0.3, -0.25) is 14.3 Å². The van der Waals surface area contributed by atoms with Crippen molar-refractivity contribution >= 4 is 17.2 Å². The highest BCUT2D eigenvalue weighted by molar-refractivity contribution is 7.03. The number of fused-ring (bicyclic) bond motifs is 1. The van der Waals surface area contributed by atoms with Gasteiger partial charge in [0.15, 0.2) is 5.65 Å². The van der Waals surface area contributed by atoms with Gasteiger partial charge < -0.3 is 0 Å². The average Bonchev–Trinajstić information content (AvgIpc) is 3.01. The maximum atomic E-state index is 4.94. The first-order valence-electron chi connectivity index (χ1n) is 8.12. The first-order valence-corrected chi connectivity index (χ1v) is 8.89. The SMILES string of the molecule is c1ccc(CN2CCC(N=c3snc4ccccn34)CC2)cc1. The predicted octanol–water partition coefficient (Wildman–Crippen LogP) is 2.96. The lowest BCUT2D eigenvalue weighted by molar-refractivity contribution is 0.205. The highest BCUT2D eigenvalue weighted by atomic mass is 32.1. The van der Waals surface area contributed by atoms with Crippen molar-refractivity contribution in [2.24, 2.45) is 4.99 Å². The van der Waals surface area contributed by atoms with E-state index >= 15 is 0 Å². The van der Waals surface area contributed by atoms with Crippen LogP contribution in [0.2, 0.25) is 0 Å². The minimum absolute atomic E-state index is 0.415. The van der Waals surface area contributed by atoms with Gasteiger partial charge in [-0.25, -0.2) is 0 Å². The van der Waals surface area contributed by atoms with E-state index in [0.29, 0.717) is 6.04 Å². The molecule has 0 bridgehead atoms. The smallest absolute Gasteiger partial charge is 0.208 e. The van der Waals surface area contributed by atoms with E-state index in [1.807, 2.05) is 24.4 Å². The largest absolute Gasteiger partial charge is 0.299 e. The molecule has 3 heterocycles. The number of pyridine rings is 1. The third-order valence-corrected chi connectivity index (χ3v) is 5.11. The maximum Gasteiger partial charge on any atom is 0.208 e. The van der Waals surface area contributed by atoms with Crippen LogP contribution in [0.4, 0.5) is 0 Å². The van der Waals surface area contributed by atoms with E-state index in [1.165, 1.54) is 17.1 Å². The molecule has 1 saturated heterocycles. The zero-order valence-corrected chi connectivity index (χ0v) is 13.8. The van der Waals surface area contributed by atoms with Crippen LogP contribution in [0, 0.1) is 0 Å². The lowest BCUT2D eigenvalue weighted by atomic mass is 10.1. The van der Waals surface area contributed by atoms with Crippen molar-refractivity contribution < 1.29 is 0 Å². The average molecular weight is 324 g/mol. The molecule has 118 valence electrons. The molecule has 0 saturated carbocycles. The molecule has 4 rings (SSSR count). The first kappa shape index (κ1) is 14.6. The Bertz CT molecular complexity index is 829. The molecule has 0 radical (unpaired) electrons. The van der Waals surface area contributed by atoms with Crippen molar-refractivity contribution in [3.05, 3.63) is 65.1 Å². The zero-order valence-electron chi connectivity index (χ0n) is 13.0. The lowest BCUT2D eigenvalue weighted by Gasteiger charge is -2.29. The molecule has 0 atom stereocenters. The zero-order chi connectivity index (χ0) is 15.5. The molecular weight excluding hydrogens is 304 g/mol. The van der Waals surface area contributed by atoms with Crippen molar-refractivity contribution in [2.45, 2.75) is 25.4 Å². The van der Waals surface area contributed by atoms with Crippen molar-refractivity contribution in [1.82, 2.24) is 13.7 Å². The van der Waals surface area contributed by atoms with Gasteiger partial charge in [-0.05, 0) is 30.5 Å². The fraction of sp³-hybridized carbons (Fsp3) is 0.333. The molecule has 0 N–H and O–H groups in total. The summed E-state index contributed by atoms with van der Waals surface area (Å²) in [5.41, 5.74) is 2.38. The van der Waals surface area contributed by atoms with Crippen LogP contribution in [-0.4, -0.2) is 32.8 Å². The second kappa shape index (κ2) is 6.64. The number of likely N-dealkylation sites (tertiary alicyclic amines) is 1. The van der Waals surface area contributed by atoms with Crippen LogP contribution in [0.5, 0.6) is 0 Å². The Kier molecular flexibility index (Phi) is 4.22. The normalized spacial score (nSPS) is 17.8. The minimum atomic E-state index is 0.415. The Balaban J connectivity index is 1.43. The first-order chi connectivity index (χ1) is 11.4. The van der Waals surface area contributed by atoms with Crippen molar-refractivity contribution in [2.75, 3.05) is 13.1 Å². The van der Waals surface area contributed by atoms with Gasteiger partial charge in [0.2, 0.25) is 4.80 Å². The van der Waals surface area contributed by atoms with E-state index in [4.69, 9.17) is 4.99 Å². The van der Waals surface area contributed by atoms with Gasteiger partial charge in [0.1, 0.15) is 0 Å². The standard InChI is InChI=1S/C18H20N4S/c1-2-6-15(7-3-1)14-21-12-9-16(10-13-21)19-18-22-11-5-4-8-17(22)20-23-18/h1-8,11,16H,9-10,12-14H2. The Morgan fingerprint density at radius 3 is 2.65 bits per heavy atom. The number of piperidine rings is 1. The van der Waals surface area contributed by atoms with E-state index < -0.39 is 0 Å². The second-order valence-corrected chi connectivity index (χ2v) is 6.75. The molecule has 0 spiro atoms. The highest BCUT2D eigenvalue weighted by Crippen LogP contribution is 2.16. The summed E-state index contributed by atoms with van der Waals surface area (Å²) in [7, 11) is 0. The molecule has 5 heteroatoms. The van der Waals surface area contributed by atoms with Gasteiger partial charge in [0, 0.05) is 37.4 Å². The monoisotopic (exact) mass is 324 g/mol. The number of rotatable bonds is 3. The van der Waals surface area contributed by atoms with Gasteiger partial charge in [0.25, 0.3) is 0 Å². The number of hydrogen-bond donors (Lipinski definition) is 0. The van der Waals surface area contributed by atoms with Crippen LogP contribution < -0.4 is 4.80 Å². The van der Waals surface area contributed by atoms with Gasteiger partial charge in [-0.15, -0.1) is 0 Å². The van der Waals surface area contributed by atoms with Crippen LogP contribution >= 0.6 is 11.5 Å². The Morgan fingerprint density at radius 1 is 1.04 bits per heavy atom. The van der Waals surface area contributed by atoms with E-state index in [1.54, 1.807) is 0 Å². The summed E-state index contributed by atoms with van der Waals surface area (Å²) in [6.07, 6.45) is 4.29. The number of hydrogen-bond acceptors (Lipinski definition) is 4. The summed E-state index contributed by atoms with van der Waals surface area (Å²) in [5, 5.41) is 0. The molecule has 0 amide bonds. The van der Waals surface area contributed by atoms with Gasteiger partial charge in [0.05, 0.1) is 6.04 Å². The summed E-state index contributed by atoms with van der Waals surface area (Å²) in [6.45, 7) is 3.28. The van der Waals surface area contributed by atoms with Gasteiger partial charge in [-0.1, -0.05) is 36.4 Å². The van der Waals surface area contributed by atoms with Crippen LogP contribution in [0.1, 0.15) is 18.4 Å². The second-order valence-electron chi connectivity index (χ2n) is 6.02. The summed E-state index contributed by atoms with van der Waals surface area (Å²) < 4.78 is 6.54. The number of aromatic nitrogens is 2. The predicted molar refractivity (Wildman–Crippen MR) is 93.4 cm³/mol. The van der Waals surface area contributed by atoms with E-state index in [0.717, 1.165) is 42.9 Å². The quantitative estimate of drug-likeness (QED) is 0.742. The molecule has 2 aromatic heterocycles. The van der Waals surface area contributed by atoms with E-state index in [2.05, 4.69) is 44.0 Å². The summed E-state index contributed by atoms with van der Waals surface area (Å²) >= 11 is 1.49. The molecule has 4 nitrogen and oxygen atoms in total. The van der Waals surface area contributed by atoms with Crippen LogP contribution in [0.15, 0.2) is 59.7 Å². The lowest BCUT2D eigenvalue weighted by Crippen LogP contribution is -2.35. The summed E-state index contributed by atoms with van der Waals surface area (Å²) in [6, 6.07) is 17.2. The van der Waals surface area contributed by atoms with Gasteiger partial charge >= 0.3 is 0 Å². The molecule has 1 fully saturated rings. The Morgan fingerprint density at radius 2 is 1.83 bits per heavy atom. The van der Waals surface area contributed by atoms with E-state index in [9.17, 15) is 0 Å². The fourth-order valence-electron chi connectivity index (χ4n) is 3.09. The molecular formula is C18H20N4S. The molecule has 1 aliphatic heterocycles. The minimum Gasteiger partial charge on any atom is -0.299 e. The topological polar surface area (TPSA) is 32.9 Å². The molecule has 3 aromatic rings. The Hall–Kier alpha value is -1.98. The number of nitrogens with zero attached hydrogens (tertiary/aromatic N) is 4. The Labute approximate surface area is 139 Å². The van der Waals surface area contributed by atoms with Crippen LogP contribution in [0.3, 0.4) is 0 Å². The molecule has 0 aliphatic carbocycles.